The molecule has 1 aromatic carbocycles. The molecule has 2 aromatic rings. The molecule has 0 aliphatic rings. The highest BCUT2D eigenvalue weighted by molar-refractivity contribution is 5.76. The van der Waals surface area contributed by atoms with Gasteiger partial charge in [0.2, 0.25) is 0 Å². The molecule has 0 saturated heterocycles. The zero-order chi connectivity index (χ0) is 10.1. The predicted octanol–water partition coefficient (Wildman–Crippen LogP) is 3.18. The first-order chi connectivity index (χ1) is 6.72. The van der Waals surface area contributed by atoms with Crippen LogP contribution in [0.25, 0.3) is 11.0 Å². The second-order valence-corrected chi connectivity index (χ2v) is 3.92. The van der Waals surface area contributed by atoms with E-state index in [0.717, 1.165) is 11.9 Å². The van der Waals surface area contributed by atoms with E-state index in [9.17, 15) is 0 Å². The molecular weight excluding hydrogens is 172 g/mol. The lowest BCUT2D eigenvalue weighted by atomic mass is 10.1. The summed E-state index contributed by atoms with van der Waals surface area (Å²) in [6, 6.07) is 7.01. The summed E-state index contributed by atoms with van der Waals surface area (Å²) >= 11 is 0. The van der Waals surface area contributed by atoms with Gasteiger partial charge in [-0.25, -0.2) is 4.98 Å². The molecule has 74 valence electrons. The lowest BCUT2D eigenvalue weighted by molar-refractivity contribution is 0.617. The summed E-state index contributed by atoms with van der Waals surface area (Å²) in [7, 11) is 0. The maximum absolute atomic E-state index is 4.41. The van der Waals surface area contributed by atoms with E-state index in [1.807, 2.05) is 6.33 Å². The third kappa shape index (κ3) is 1.41. The van der Waals surface area contributed by atoms with Gasteiger partial charge in [-0.1, -0.05) is 13.0 Å². The van der Waals surface area contributed by atoms with E-state index in [1.54, 1.807) is 0 Å². The van der Waals surface area contributed by atoms with Crippen molar-refractivity contribution in [3.8, 4) is 0 Å². The first-order valence-corrected chi connectivity index (χ1v) is 5.18. The Bertz CT molecular complexity index is 441. The molecule has 0 atom stereocenters. The minimum absolute atomic E-state index is 0.479. The number of hydrogen-bond acceptors (Lipinski definition) is 1. The van der Waals surface area contributed by atoms with Gasteiger partial charge in [0.1, 0.15) is 0 Å². The number of rotatable bonds is 2. The molecular formula is C12H16N2. The molecule has 2 heteroatoms. The maximum atomic E-state index is 4.41. The molecule has 0 spiro atoms. The highest BCUT2D eigenvalue weighted by Gasteiger charge is 2.04. The zero-order valence-electron chi connectivity index (χ0n) is 8.99. The monoisotopic (exact) mass is 188 g/mol. The predicted molar refractivity (Wildman–Crippen MR) is 59.5 cm³/mol. The van der Waals surface area contributed by atoms with Crippen LogP contribution in [0.3, 0.4) is 0 Å². The SMILES string of the molecule is CCc1ccc2c(c1)ncn2C(C)C. The van der Waals surface area contributed by atoms with Crippen LogP contribution in [-0.4, -0.2) is 9.55 Å². The van der Waals surface area contributed by atoms with Crippen LogP contribution < -0.4 is 0 Å². The number of nitrogens with zero attached hydrogens (tertiary/aromatic N) is 2. The molecule has 2 nitrogen and oxygen atoms in total. The van der Waals surface area contributed by atoms with Gasteiger partial charge in [0.25, 0.3) is 0 Å². The van der Waals surface area contributed by atoms with Crippen molar-refractivity contribution in [3.05, 3.63) is 30.1 Å². The molecule has 1 aromatic heterocycles. The van der Waals surface area contributed by atoms with Gasteiger partial charge in [-0.05, 0) is 38.0 Å². The molecule has 14 heavy (non-hydrogen) atoms. The summed E-state index contributed by atoms with van der Waals surface area (Å²) in [4.78, 5) is 4.41. The minimum atomic E-state index is 0.479. The highest BCUT2D eigenvalue weighted by Crippen LogP contribution is 2.18. The fourth-order valence-electron chi connectivity index (χ4n) is 1.71. The fraction of sp³-hybridized carbons (Fsp3) is 0.417. The van der Waals surface area contributed by atoms with Gasteiger partial charge in [-0.2, -0.15) is 0 Å². The molecule has 0 saturated carbocycles. The van der Waals surface area contributed by atoms with Gasteiger partial charge < -0.3 is 4.57 Å². The van der Waals surface area contributed by atoms with Crippen LogP contribution >= 0.6 is 0 Å². The number of benzene rings is 1. The summed E-state index contributed by atoms with van der Waals surface area (Å²) in [6.45, 7) is 6.52. The van der Waals surface area contributed by atoms with Gasteiger partial charge in [-0.15, -0.1) is 0 Å². The number of fused-ring (bicyclic) bond motifs is 1. The Kier molecular flexibility index (Phi) is 2.28. The van der Waals surface area contributed by atoms with E-state index in [-0.39, 0.29) is 0 Å². The van der Waals surface area contributed by atoms with E-state index in [4.69, 9.17) is 0 Å². The molecule has 2 rings (SSSR count). The summed E-state index contributed by atoms with van der Waals surface area (Å²) in [5, 5.41) is 0. The highest BCUT2D eigenvalue weighted by atomic mass is 15.1. The van der Waals surface area contributed by atoms with E-state index in [0.29, 0.717) is 6.04 Å². The molecule has 0 aliphatic heterocycles. The Morgan fingerprint density at radius 3 is 2.79 bits per heavy atom. The molecule has 0 amide bonds. The maximum Gasteiger partial charge on any atom is 0.0960 e. The molecule has 1 heterocycles. The van der Waals surface area contributed by atoms with Crippen molar-refractivity contribution < 1.29 is 0 Å². The Morgan fingerprint density at radius 1 is 1.36 bits per heavy atom. The summed E-state index contributed by atoms with van der Waals surface area (Å²) in [5.74, 6) is 0. The number of aryl methyl sites for hydroxylation is 1. The Morgan fingerprint density at radius 2 is 2.14 bits per heavy atom. The number of hydrogen-bond donors (Lipinski definition) is 0. The van der Waals surface area contributed by atoms with Crippen molar-refractivity contribution in [2.75, 3.05) is 0 Å². The Hall–Kier alpha value is -1.31. The van der Waals surface area contributed by atoms with E-state index >= 15 is 0 Å². The van der Waals surface area contributed by atoms with Crippen LogP contribution in [-0.2, 0) is 6.42 Å². The van der Waals surface area contributed by atoms with Crippen molar-refractivity contribution in [2.24, 2.45) is 0 Å². The van der Waals surface area contributed by atoms with Crippen molar-refractivity contribution in [1.82, 2.24) is 9.55 Å². The van der Waals surface area contributed by atoms with Crippen molar-refractivity contribution >= 4 is 11.0 Å². The second kappa shape index (κ2) is 3.45. The largest absolute Gasteiger partial charge is 0.328 e. The van der Waals surface area contributed by atoms with Crippen molar-refractivity contribution in [2.45, 2.75) is 33.2 Å². The topological polar surface area (TPSA) is 17.8 Å². The van der Waals surface area contributed by atoms with Gasteiger partial charge in [0.15, 0.2) is 0 Å². The van der Waals surface area contributed by atoms with Crippen molar-refractivity contribution in [3.63, 3.8) is 0 Å². The van der Waals surface area contributed by atoms with Gasteiger partial charge in [0.05, 0.1) is 17.4 Å². The second-order valence-electron chi connectivity index (χ2n) is 3.92. The third-order valence-corrected chi connectivity index (χ3v) is 2.60. The van der Waals surface area contributed by atoms with E-state index in [2.05, 4.69) is 48.5 Å². The van der Waals surface area contributed by atoms with E-state index < -0.39 is 0 Å². The summed E-state index contributed by atoms with van der Waals surface area (Å²) in [6.07, 6.45) is 3.00. The van der Waals surface area contributed by atoms with Crippen LogP contribution in [0.5, 0.6) is 0 Å². The average Bonchev–Trinajstić information content (AvgIpc) is 2.59. The standard InChI is InChI=1S/C12H16N2/c1-4-10-5-6-12-11(7-10)13-8-14(12)9(2)3/h5-9H,4H2,1-3H3. The van der Waals surface area contributed by atoms with Crippen LogP contribution in [0, 0.1) is 0 Å². The van der Waals surface area contributed by atoms with Crippen LogP contribution in [0.2, 0.25) is 0 Å². The molecule has 0 bridgehead atoms. The van der Waals surface area contributed by atoms with E-state index in [1.165, 1.54) is 11.1 Å². The summed E-state index contributed by atoms with van der Waals surface area (Å²) in [5.41, 5.74) is 3.70. The smallest absolute Gasteiger partial charge is 0.0960 e. The van der Waals surface area contributed by atoms with Gasteiger partial charge in [-0.3, -0.25) is 0 Å². The lowest BCUT2D eigenvalue weighted by Gasteiger charge is -2.07. The number of aromatic nitrogens is 2. The van der Waals surface area contributed by atoms with Gasteiger partial charge in [0, 0.05) is 6.04 Å². The molecule has 0 N–H and O–H groups in total. The summed E-state index contributed by atoms with van der Waals surface area (Å²) < 4.78 is 2.20. The van der Waals surface area contributed by atoms with Crippen LogP contribution in [0.4, 0.5) is 0 Å². The molecule has 0 radical (unpaired) electrons. The lowest BCUT2D eigenvalue weighted by Crippen LogP contribution is -1.97. The normalized spacial score (nSPS) is 11.4. The van der Waals surface area contributed by atoms with Gasteiger partial charge >= 0.3 is 0 Å². The first kappa shape index (κ1) is 9.25. The molecule has 0 aliphatic carbocycles. The van der Waals surface area contributed by atoms with Crippen LogP contribution in [0.1, 0.15) is 32.4 Å². The third-order valence-electron chi connectivity index (χ3n) is 2.60. The zero-order valence-corrected chi connectivity index (χ0v) is 8.99. The molecule has 0 unspecified atom stereocenters. The minimum Gasteiger partial charge on any atom is -0.328 e. The molecule has 0 fully saturated rings. The first-order valence-electron chi connectivity index (χ1n) is 5.18. The van der Waals surface area contributed by atoms with Crippen LogP contribution in [0.15, 0.2) is 24.5 Å². The quantitative estimate of drug-likeness (QED) is 0.707. The fourth-order valence-corrected chi connectivity index (χ4v) is 1.71. The van der Waals surface area contributed by atoms with Crippen molar-refractivity contribution in [1.29, 1.82) is 0 Å². The average molecular weight is 188 g/mol. The Labute approximate surface area is 84.6 Å². The Balaban J connectivity index is 2.59. The number of imidazole rings is 1.